The third kappa shape index (κ3) is 2.12. The number of nitriles is 1. The van der Waals surface area contributed by atoms with E-state index in [1.807, 2.05) is 7.05 Å². The molecule has 0 spiro atoms. The highest BCUT2D eigenvalue weighted by atomic mass is 16.6. The van der Waals surface area contributed by atoms with Crippen molar-refractivity contribution < 1.29 is 5.21 Å². The Bertz CT molecular complexity index is 220. The van der Waals surface area contributed by atoms with Crippen LogP contribution in [0.25, 0.3) is 0 Å². The zero-order valence-electron chi connectivity index (χ0n) is 6.99. The fraction of sp³-hybridized carbons (Fsp3) is 0.571. The van der Waals surface area contributed by atoms with Crippen LogP contribution in [0.1, 0.15) is 19.3 Å². The molecule has 0 amide bonds. The molecule has 0 atom stereocenters. The predicted octanol–water partition coefficient (Wildman–Crippen LogP) is 0.578. The molecule has 1 rings (SSSR count). The number of rotatable bonds is 3. The molecular formula is C7H12N4O. The molecular weight excluding hydrogens is 156 g/mol. The lowest BCUT2D eigenvalue weighted by atomic mass is 10.2. The molecule has 0 bridgehead atoms. The topological polar surface area (TPSA) is 62.5 Å². The number of nitrogens with one attached hydrogen (secondary N) is 1. The van der Waals surface area contributed by atoms with Crippen LogP contribution >= 0.6 is 0 Å². The Morgan fingerprint density at radius 1 is 1.75 bits per heavy atom. The molecule has 1 aliphatic heterocycles. The molecule has 0 saturated carbocycles. The van der Waals surface area contributed by atoms with Crippen LogP contribution in [-0.4, -0.2) is 22.4 Å². The zero-order valence-corrected chi connectivity index (χ0v) is 6.99. The van der Waals surface area contributed by atoms with Crippen molar-refractivity contribution in [3.8, 4) is 6.07 Å². The van der Waals surface area contributed by atoms with Crippen molar-refractivity contribution in [2.24, 2.45) is 0 Å². The van der Waals surface area contributed by atoms with Gasteiger partial charge in [-0.05, 0) is 12.8 Å². The second-order valence-corrected chi connectivity index (χ2v) is 2.64. The van der Waals surface area contributed by atoms with Gasteiger partial charge >= 0.3 is 0 Å². The molecule has 1 heterocycles. The van der Waals surface area contributed by atoms with E-state index in [-0.39, 0.29) is 0 Å². The number of unbranched alkanes of at least 4 members (excludes halogenated alkanes) is 1. The Kier molecular flexibility index (Phi) is 2.91. The summed E-state index contributed by atoms with van der Waals surface area (Å²) in [6.07, 6.45) is 3.77. The minimum absolute atomic E-state index is 0.552. The molecule has 66 valence electrons. The van der Waals surface area contributed by atoms with Crippen LogP contribution in [0.3, 0.4) is 0 Å². The van der Waals surface area contributed by atoms with E-state index in [1.165, 1.54) is 0 Å². The summed E-state index contributed by atoms with van der Waals surface area (Å²) in [6, 6.07) is 2.08. The molecule has 0 unspecified atom stereocenters. The lowest BCUT2D eigenvalue weighted by molar-refractivity contribution is -0.115. The van der Waals surface area contributed by atoms with E-state index in [0.29, 0.717) is 6.42 Å². The van der Waals surface area contributed by atoms with Crippen LogP contribution < -0.4 is 5.53 Å². The molecule has 0 aromatic carbocycles. The summed E-state index contributed by atoms with van der Waals surface area (Å²) in [7, 11) is 1.81. The molecule has 2 N–H and O–H groups in total. The van der Waals surface area contributed by atoms with Crippen molar-refractivity contribution in [3.05, 3.63) is 11.9 Å². The number of hydroxylamine groups is 1. The van der Waals surface area contributed by atoms with Crippen molar-refractivity contribution in [1.82, 2.24) is 15.7 Å². The minimum Gasteiger partial charge on any atom is -0.294 e. The van der Waals surface area contributed by atoms with Gasteiger partial charge in [-0.15, -0.1) is 5.53 Å². The number of hydrogen-bond donors (Lipinski definition) is 2. The first-order valence-electron chi connectivity index (χ1n) is 3.80. The van der Waals surface area contributed by atoms with Gasteiger partial charge in [0.25, 0.3) is 0 Å². The van der Waals surface area contributed by atoms with E-state index in [0.717, 1.165) is 23.7 Å². The van der Waals surface area contributed by atoms with Crippen LogP contribution in [0.2, 0.25) is 0 Å². The van der Waals surface area contributed by atoms with Crippen LogP contribution in [-0.2, 0) is 0 Å². The first kappa shape index (κ1) is 8.84. The van der Waals surface area contributed by atoms with E-state index in [9.17, 15) is 0 Å². The Hall–Kier alpha value is -1.25. The molecule has 0 aromatic heterocycles. The van der Waals surface area contributed by atoms with Gasteiger partial charge in [0.05, 0.1) is 18.0 Å². The normalized spacial score (nSPS) is 16.2. The second kappa shape index (κ2) is 3.95. The van der Waals surface area contributed by atoms with Gasteiger partial charge in [0.15, 0.2) is 0 Å². The molecule has 0 radical (unpaired) electrons. The van der Waals surface area contributed by atoms with E-state index in [2.05, 4.69) is 11.6 Å². The first-order valence-corrected chi connectivity index (χ1v) is 3.80. The monoisotopic (exact) mass is 168 g/mol. The largest absolute Gasteiger partial charge is 0.294 e. The fourth-order valence-electron chi connectivity index (χ4n) is 1.06. The summed E-state index contributed by atoms with van der Waals surface area (Å²) in [5, 5.41) is 19.9. The maximum absolute atomic E-state index is 8.97. The van der Waals surface area contributed by atoms with Crippen LogP contribution in [0.5, 0.6) is 0 Å². The summed E-state index contributed by atoms with van der Waals surface area (Å²) in [4.78, 5) is 0. The molecule has 5 nitrogen and oxygen atoms in total. The number of hydrogen-bond acceptors (Lipinski definition) is 5. The van der Waals surface area contributed by atoms with Crippen LogP contribution in [0.4, 0.5) is 0 Å². The Morgan fingerprint density at radius 2 is 2.50 bits per heavy atom. The van der Waals surface area contributed by atoms with Crippen molar-refractivity contribution >= 4 is 0 Å². The van der Waals surface area contributed by atoms with Gasteiger partial charge in [-0.1, -0.05) is 0 Å². The SMILES string of the molecule is CN1NN(O)C=C1CCCC#N. The third-order valence-corrected chi connectivity index (χ3v) is 1.68. The van der Waals surface area contributed by atoms with E-state index >= 15 is 0 Å². The van der Waals surface area contributed by atoms with Gasteiger partial charge in [0, 0.05) is 13.5 Å². The predicted molar refractivity (Wildman–Crippen MR) is 42.1 cm³/mol. The highest BCUT2D eigenvalue weighted by Gasteiger charge is 2.13. The van der Waals surface area contributed by atoms with E-state index < -0.39 is 0 Å². The summed E-state index contributed by atoms with van der Waals surface area (Å²) in [5.74, 6) is 0. The third-order valence-electron chi connectivity index (χ3n) is 1.68. The Balaban J connectivity index is 2.32. The lowest BCUT2D eigenvalue weighted by Crippen LogP contribution is -2.35. The molecule has 0 saturated heterocycles. The standard InChI is InChI=1S/C7H12N4O/c1-10-7(4-2-3-5-8)6-11(12)9-10/h6,9,12H,2-4H2,1H3. The van der Waals surface area contributed by atoms with Gasteiger partial charge in [-0.25, -0.2) is 0 Å². The van der Waals surface area contributed by atoms with Gasteiger partial charge < -0.3 is 0 Å². The smallest absolute Gasteiger partial charge is 0.0684 e. The lowest BCUT2D eigenvalue weighted by Gasteiger charge is -2.15. The minimum atomic E-state index is 0.552. The van der Waals surface area contributed by atoms with Gasteiger partial charge in [0.1, 0.15) is 0 Å². The summed E-state index contributed by atoms with van der Waals surface area (Å²) < 4.78 is 0. The fourth-order valence-corrected chi connectivity index (χ4v) is 1.06. The maximum Gasteiger partial charge on any atom is 0.0684 e. The van der Waals surface area contributed by atoms with Crippen molar-refractivity contribution in [1.29, 1.82) is 5.26 Å². The van der Waals surface area contributed by atoms with Crippen molar-refractivity contribution in [2.75, 3.05) is 7.05 Å². The molecule has 5 heteroatoms. The average molecular weight is 168 g/mol. The van der Waals surface area contributed by atoms with E-state index in [1.54, 1.807) is 11.2 Å². The summed E-state index contributed by atoms with van der Waals surface area (Å²) in [5.41, 5.74) is 3.62. The van der Waals surface area contributed by atoms with Crippen LogP contribution in [0.15, 0.2) is 11.9 Å². The van der Waals surface area contributed by atoms with Gasteiger partial charge in [-0.3, -0.25) is 10.2 Å². The highest BCUT2D eigenvalue weighted by molar-refractivity contribution is 5.00. The second-order valence-electron chi connectivity index (χ2n) is 2.64. The summed E-state index contributed by atoms with van der Waals surface area (Å²) in [6.45, 7) is 0. The quantitative estimate of drug-likeness (QED) is 0.603. The summed E-state index contributed by atoms with van der Waals surface area (Å²) >= 11 is 0. The molecule has 0 fully saturated rings. The first-order chi connectivity index (χ1) is 5.74. The van der Waals surface area contributed by atoms with Crippen molar-refractivity contribution in [2.45, 2.75) is 19.3 Å². The van der Waals surface area contributed by atoms with Gasteiger partial charge in [0.2, 0.25) is 0 Å². The molecule has 0 aromatic rings. The number of hydrazine groups is 2. The van der Waals surface area contributed by atoms with Crippen molar-refractivity contribution in [3.63, 3.8) is 0 Å². The maximum atomic E-state index is 8.97. The molecule has 1 aliphatic rings. The highest BCUT2D eigenvalue weighted by Crippen LogP contribution is 2.13. The molecule has 0 aliphatic carbocycles. The number of allylic oxidation sites excluding steroid dienone is 1. The Labute approximate surface area is 71.4 Å². The average Bonchev–Trinajstić information content (AvgIpc) is 2.31. The Morgan fingerprint density at radius 3 is 3.00 bits per heavy atom. The van der Waals surface area contributed by atoms with Crippen LogP contribution in [0, 0.1) is 11.3 Å². The molecule has 12 heavy (non-hydrogen) atoms. The number of nitrogens with zero attached hydrogens (tertiary/aromatic N) is 3. The van der Waals surface area contributed by atoms with Gasteiger partial charge in [-0.2, -0.15) is 10.4 Å². The zero-order chi connectivity index (χ0) is 8.97. The van der Waals surface area contributed by atoms with E-state index in [4.69, 9.17) is 10.5 Å².